The predicted octanol–water partition coefficient (Wildman–Crippen LogP) is 4.27. The molecule has 2 rings (SSSR count). The topological polar surface area (TPSA) is 71.4 Å². The summed E-state index contributed by atoms with van der Waals surface area (Å²) in [6.07, 6.45) is 1.40. The number of hydrogen-bond donors (Lipinski definition) is 1. The smallest absolute Gasteiger partial charge is 0.272 e. The van der Waals surface area contributed by atoms with E-state index >= 15 is 0 Å². The average Bonchev–Trinajstić information content (AvgIpc) is 2.96. The van der Waals surface area contributed by atoms with Gasteiger partial charge in [0.1, 0.15) is 10.6 Å². The van der Waals surface area contributed by atoms with Crippen LogP contribution in [-0.2, 0) is 17.1 Å². The molecule has 0 saturated carbocycles. The van der Waals surface area contributed by atoms with Gasteiger partial charge in [-0.15, -0.1) is 0 Å². The molecule has 1 heterocycles. The van der Waals surface area contributed by atoms with Crippen LogP contribution in [0.25, 0.3) is 0 Å². The van der Waals surface area contributed by atoms with Gasteiger partial charge in [-0.1, -0.05) is 48.7 Å². The molecule has 0 aliphatic rings. The molecule has 1 aromatic heterocycles. The molecule has 142 valence electrons. The van der Waals surface area contributed by atoms with Crippen molar-refractivity contribution in [1.82, 2.24) is 8.87 Å². The van der Waals surface area contributed by atoms with Crippen molar-refractivity contribution in [2.24, 2.45) is 7.05 Å². The van der Waals surface area contributed by atoms with Crippen molar-refractivity contribution < 1.29 is 13.2 Å². The second-order valence-corrected chi connectivity index (χ2v) is 8.62. The maximum absolute atomic E-state index is 12.6. The Labute approximate surface area is 167 Å². The number of hydrogen-bond acceptors (Lipinski definition) is 3. The SMILES string of the molecule is CCN(CC)S(=O)(=O)c1cc(C(=O)Nc2cc(Cl)c(Cl)cc2Cl)n(C)c1. The molecule has 0 saturated heterocycles. The van der Waals surface area contributed by atoms with Gasteiger partial charge in [0, 0.05) is 26.3 Å². The second kappa shape index (κ2) is 8.19. The van der Waals surface area contributed by atoms with Gasteiger partial charge < -0.3 is 9.88 Å². The molecule has 6 nitrogen and oxygen atoms in total. The largest absolute Gasteiger partial charge is 0.345 e. The Morgan fingerprint density at radius 1 is 1.08 bits per heavy atom. The van der Waals surface area contributed by atoms with E-state index < -0.39 is 15.9 Å². The molecule has 1 amide bonds. The number of rotatable bonds is 6. The molecule has 26 heavy (non-hydrogen) atoms. The van der Waals surface area contributed by atoms with Crippen molar-refractivity contribution in [3.63, 3.8) is 0 Å². The van der Waals surface area contributed by atoms with Gasteiger partial charge in [-0.05, 0) is 18.2 Å². The monoisotopic (exact) mass is 437 g/mol. The fourth-order valence-electron chi connectivity index (χ4n) is 2.42. The molecular formula is C16H18Cl3N3O3S. The summed E-state index contributed by atoms with van der Waals surface area (Å²) < 4.78 is 28.0. The highest BCUT2D eigenvalue weighted by atomic mass is 35.5. The molecule has 0 aliphatic heterocycles. The number of carbonyl (C=O) groups is 1. The molecule has 0 aliphatic carbocycles. The standard InChI is InChI=1S/C16H18Cl3N3O3S/c1-4-22(5-2)26(24,25)10-6-15(21(3)9-10)16(23)20-14-8-12(18)11(17)7-13(14)19/h6-9H,4-5H2,1-3H3,(H,20,23). The van der Waals surface area contributed by atoms with E-state index in [0.717, 1.165) is 0 Å². The van der Waals surface area contributed by atoms with Gasteiger partial charge in [-0.25, -0.2) is 8.42 Å². The van der Waals surface area contributed by atoms with Crippen molar-refractivity contribution in [3.8, 4) is 0 Å². The maximum Gasteiger partial charge on any atom is 0.272 e. The lowest BCUT2D eigenvalue weighted by Crippen LogP contribution is -2.30. The van der Waals surface area contributed by atoms with Gasteiger partial charge in [0.05, 0.1) is 20.8 Å². The third-order valence-electron chi connectivity index (χ3n) is 3.81. The molecule has 1 aromatic carbocycles. The molecule has 2 aromatic rings. The van der Waals surface area contributed by atoms with E-state index in [0.29, 0.717) is 13.1 Å². The van der Waals surface area contributed by atoms with Gasteiger partial charge in [0.25, 0.3) is 5.91 Å². The van der Waals surface area contributed by atoms with Crippen LogP contribution >= 0.6 is 34.8 Å². The molecule has 0 spiro atoms. The van der Waals surface area contributed by atoms with Gasteiger partial charge >= 0.3 is 0 Å². The molecule has 10 heteroatoms. The van der Waals surface area contributed by atoms with E-state index in [9.17, 15) is 13.2 Å². The van der Waals surface area contributed by atoms with Crippen molar-refractivity contribution in [2.75, 3.05) is 18.4 Å². The van der Waals surface area contributed by atoms with E-state index in [1.807, 2.05) is 0 Å². The molecule has 0 atom stereocenters. The highest BCUT2D eigenvalue weighted by molar-refractivity contribution is 7.89. The molecule has 0 fully saturated rings. The Morgan fingerprint density at radius 2 is 1.65 bits per heavy atom. The van der Waals surface area contributed by atoms with Crippen molar-refractivity contribution in [3.05, 3.63) is 45.2 Å². The summed E-state index contributed by atoms with van der Waals surface area (Å²) >= 11 is 17.9. The lowest BCUT2D eigenvalue weighted by Gasteiger charge is -2.17. The summed E-state index contributed by atoms with van der Waals surface area (Å²) in [4.78, 5) is 12.6. The minimum Gasteiger partial charge on any atom is -0.345 e. The number of aryl methyl sites for hydroxylation is 1. The van der Waals surface area contributed by atoms with Crippen LogP contribution < -0.4 is 5.32 Å². The summed E-state index contributed by atoms with van der Waals surface area (Å²) in [5, 5.41) is 3.34. The van der Waals surface area contributed by atoms with E-state index in [2.05, 4.69) is 5.32 Å². The Morgan fingerprint density at radius 3 is 2.23 bits per heavy atom. The Kier molecular flexibility index (Phi) is 6.63. The number of nitrogens with one attached hydrogen (secondary N) is 1. The third kappa shape index (κ3) is 4.18. The lowest BCUT2D eigenvalue weighted by molar-refractivity contribution is 0.101. The molecule has 1 N–H and O–H groups in total. The molecule has 0 radical (unpaired) electrons. The maximum atomic E-state index is 12.6. The first kappa shape index (κ1) is 21.1. The summed E-state index contributed by atoms with van der Waals surface area (Å²) in [6, 6.07) is 4.18. The van der Waals surface area contributed by atoms with E-state index in [1.54, 1.807) is 20.9 Å². The van der Waals surface area contributed by atoms with E-state index in [1.165, 1.54) is 33.3 Å². The minimum atomic E-state index is -3.66. The number of halogens is 3. The predicted molar refractivity (Wildman–Crippen MR) is 105 cm³/mol. The van der Waals surface area contributed by atoms with Crippen LogP contribution in [0, 0.1) is 0 Å². The number of anilines is 1. The number of aromatic nitrogens is 1. The first-order valence-electron chi connectivity index (χ1n) is 7.74. The van der Waals surface area contributed by atoms with Crippen LogP contribution in [0.15, 0.2) is 29.3 Å². The summed E-state index contributed by atoms with van der Waals surface area (Å²) in [5.74, 6) is -0.520. The minimum absolute atomic E-state index is 0.0501. The highest BCUT2D eigenvalue weighted by Gasteiger charge is 2.25. The van der Waals surface area contributed by atoms with E-state index in [4.69, 9.17) is 34.8 Å². The zero-order valence-corrected chi connectivity index (χ0v) is 17.5. The number of sulfonamides is 1. The van der Waals surface area contributed by atoms with Crippen LogP contribution in [-0.4, -0.2) is 36.3 Å². The summed E-state index contributed by atoms with van der Waals surface area (Å²) in [7, 11) is -2.07. The molecular weight excluding hydrogens is 421 g/mol. The normalized spacial score (nSPS) is 11.8. The highest BCUT2D eigenvalue weighted by Crippen LogP contribution is 2.32. The fourth-order valence-corrected chi connectivity index (χ4v) is 4.54. The fraction of sp³-hybridized carbons (Fsp3) is 0.312. The Balaban J connectivity index is 2.35. The van der Waals surface area contributed by atoms with E-state index in [-0.39, 0.29) is 31.3 Å². The Hall–Kier alpha value is -1.25. The van der Waals surface area contributed by atoms with Crippen LogP contribution in [0.1, 0.15) is 24.3 Å². The first-order chi connectivity index (χ1) is 12.1. The number of nitrogens with zero attached hydrogens (tertiary/aromatic N) is 2. The average molecular weight is 439 g/mol. The quantitative estimate of drug-likeness (QED) is 0.685. The zero-order chi connectivity index (χ0) is 19.6. The van der Waals surface area contributed by atoms with Crippen molar-refractivity contribution in [2.45, 2.75) is 18.7 Å². The molecule has 0 unspecified atom stereocenters. The summed E-state index contributed by atoms with van der Waals surface area (Å²) in [6.45, 7) is 4.19. The van der Waals surface area contributed by atoms with Gasteiger partial charge in [-0.2, -0.15) is 4.31 Å². The van der Waals surface area contributed by atoms with Crippen LogP contribution in [0.2, 0.25) is 15.1 Å². The first-order valence-corrected chi connectivity index (χ1v) is 10.3. The number of benzene rings is 1. The van der Waals surface area contributed by atoms with Crippen LogP contribution in [0.4, 0.5) is 5.69 Å². The number of amides is 1. The lowest BCUT2D eigenvalue weighted by atomic mass is 10.3. The van der Waals surface area contributed by atoms with Crippen LogP contribution in [0.5, 0.6) is 0 Å². The van der Waals surface area contributed by atoms with Crippen LogP contribution in [0.3, 0.4) is 0 Å². The van der Waals surface area contributed by atoms with Gasteiger partial charge in [0.2, 0.25) is 10.0 Å². The molecule has 0 bridgehead atoms. The van der Waals surface area contributed by atoms with Gasteiger partial charge in [-0.3, -0.25) is 4.79 Å². The number of carbonyl (C=O) groups excluding carboxylic acids is 1. The van der Waals surface area contributed by atoms with Crippen molar-refractivity contribution in [1.29, 1.82) is 0 Å². The second-order valence-electron chi connectivity index (χ2n) is 5.46. The summed E-state index contributed by atoms with van der Waals surface area (Å²) in [5.41, 5.74) is 0.443. The zero-order valence-electron chi connectivity index (χ0n) is 14.4. The van der Waals surface area contributed by atoms with Crippen molar-refractivity contribution >= 4 is 56.4 Å². The van der Waals surface area contributed by atoms with Gasteiger partial charge in [0.15, 0.2) is 0 Å². The third-order valence-corrected chi connectivity index (χ3v) is 6.86. The Bertz CT molecular complexity index is 938.